The molecule has 10 aromatic rings. The predicted octanol–water partition coefficient (Wildman–Crippen LogP) is -0.524. The second-order valence-corrected chi connectivity index (χ2v) is 47.2. The molecule has 12 unspecified atom stereocenters. The van der Waals surface area contributed by atoms with Crippen molar-refractivity contribution < 1.29 is 164 Å². The Morgan fingerprint density at radius 2 is 0.741 bits per heavy atom. The number of hydrogen-bond donors (Lipinski definition) is 14. The standard InChI is InChI=1S/C73H104N26O38P6S4/c1-33-18-94(72(102)90-57(33)74)67-54(118-13-9-113-4)51(42(130-67)25-125-143(111,147)136-49-37(20-100)128-69(53(49)117-12-8-112-3)98-31-88-47-61(78)82-28-85-64(47)98)135-138(104,105)121-23-40-50(55(119-14-10-114-5)70(131-40)99-32-89-48-65(99)92-71(79)93-66(48)101)134-139(106,107)122-24-41-52(56(120-15-11-115-6)68(129-41)95-19-34(2)58(75)91-73(95)103)137-142(110,146)124-22-39-36(17-44(127-39)97-30-87-46-60(77)81-27-84-63(46)97)133-141(109,145)123-21-38-35(132-140(108,144)116-7)16-43(126-38)96-29-86-45-59(76)80-26-83-62(45)96/h18-19,26-32,35-44,49-56,67-70,100H,8-17,20-25H2,1-7H3,(H,104,105)(H,106,107)(H,108,144)(H,109,145)(H,110,146)(H,111,147)(H2,74,90,102)(H2,75,91,103)(H2,76,80,83)(H2,77,81,84)(H2,78,82,85)(H3,79,92,93,101)/t35?,36?,37-,38-,39-,40-,41-,42-,43-,44-,49?,50?,51?,52?,53+,54+,55+,56+,67-,68-,69-,70-,140?,141?,142?,143?/m1/s1. The van der Waals surface area contributed by atoms with E-state index in [4.69, 9.17) is 190 Å². The number of imidazole rings is 4. The van der Waals surface area contributed by atoms with Gasteiger partial charge in [-0.1, -0.05) is 12.2 Å². The van der Waals surface area contributed by atoms with Gasteiger partial charge < -0.3 is 153 Å². The van der Waals surface area contributed by atoms with E-state index in [9.17, 15) is 44.0 Å². The Hall–Kier alpha value is -7.73. The second-order valence-electron chi connectivity index (χ2n) is 33.0. The zero-order chi connectivity index (χ0) is 105. The van der Waals surface area contributed by atoms with Gasteiger partial charge in [0.15, 0.2) is 70.5 Å². The molecule has 64 nitrogen and oxygen atoms in total. The molecule has 6 aliphatic rings. The summed E-state index contributed by atoms with van der Waals surface area (Å²) in [5.74, 6) is -0.796. The van der Waals surface area contributed by atoms with Crippen LogP contribution < -0.4 is 51.3 Å². The lowest BCUT2D eigenvalue weighted by atomic mass is 10.1. The predicted molar refractivity (Wildman–Crippen MR) is 515 cm³/mol. The molecule has 6 aliphatic heterocycles. The van der Waals surface area contributed by atoms with Crippen LogP contribution in [-0.4, -0.2) is 352 Å². The van der Waals surface area contributed by atoms with E-state index in [1.807, 2.05) is 0 Å². The summed E-state index contributed by atoms with van der Waals surface area (Å²) in [7, 11) is -5.33. The Bertz CT molecular complexity index is 6840. The third-order valence-corrected chi connectivity index (χ3v) is 32.0. The van der Waals surface area contributed by atoms with Gasteiger partial charge in [-0.3, -0.25) is 68.8 Å². The largest absolute Gasteiger partial charge is 0.472 e. The van der Waals surface area contributed by atoms with Gasteiger partial charge in [-0.2, -0.15) is 15.0 Å². The fraction of sp³-hybridized carbons (Fsp3) is 0.616. The van der Waals surface area contributed by atoms with Crippen LogP contribution in [0.15, 0.2) is 71.1 Å². The highest BCUT2D eigenvalue weighted by molar-refractivity contribution is 8.44. The third-order valence-electron chi connectivity index (χ3n) is 23.5. The number of aromatic nitrogens is 20. The molecule has 6 saturated heterocycles. The van der Waals surface area contributed by atoms with Gasteiger partial charge in [-0.05, 0) is 49.3 Å². The lowest BCUT2D eigenvalue weighted by Crippen LogP contribution is -2.41. The number of nitrogens with one attached hydrogen (secondary N) is 1. The quantitative estimate of drug-likeness (QED) is 0.0130. The number of anilines is 6. The SMILES string of the molecule is COCCO[C@H]1C(OP(=O)(O)OC[C@H]2O[C@@H](n3cnc4c(=O)[nH]c(N)nc43)[C@@H](OCCOC)C2OP(=O)(O)OC[C@H]2O[C@@H](n3cc(C)c(N)nc3=O)[C@@H](OCCOC)C2OP(=O)(S)OC[C@H]2O[C@@H](n3cnc4c(N)ncnc43)CC2OP(O)(=S)OC[C@H]2O[C@@H](n3cnc4c(N)ncnc43)CC2OP(O)(=S)OC)[C@@H](COP(O)(=S)OC2[C@@H](CO)O[C@@H](n3cnc4c(N)ncnc43)[C@H]2OCCOC)O[C@H]1n1cc(C)c(N)nc1=O. The van der Waals surface area contributed by atoms with Crippen LogP contribution in [0.3, 0.4) is 0 Å². The van der Waals surface area contributed by atoms with Gasteiger partial charge in [0.1, 0.15) is 145 Å². The monoisotopic (exact) mass is 2270 g/mol. The number of hydrogen-bond acceptors (Lipinski definition) is 55. The topological polar surface area (TPSA) is 833 Å². The van der Waals surface area contributed by atoms with Crippen LogP contribution in [0.25, 0.3) is 44.7 Å². The van der Waals surface area contributed by atoms with Gasteiger partial charge >= 0.3 is 54.0 Å². The van der Waals surface area contributed by atoms with E-state index in [0.29, 0.717) is 0 Å². The molecule has 10 aromatic heterocycles. The molecule has 28 atom stereocenters. The number of phosphoric acid groups is 2. The highest BCUT2D eigenvalue weighted by atomic mass is 32.7. The summed E-state index contributed by atoms with van der Waals surface area (Å²) in [5, 5.41) is 10.9. The third kappa shape index (κ3) is 25.8. The lowest BCUT2D eigenvalue weighted by Gasteiger charge is -2.29. The minimum absolute atomic E-state index is 0.0129. The molecular formula is C73H104N26O38P6S4. The first kappa shape index (κ1) is 112. The van der Waals surface area contributed by atoms with Crippen LogP contribution in [0.5, 0.6) is 0 Å². The van der Waals surface area contributed by atoms with Crippen LogP contribution >= 0.6 is 54.8 Å². The Morgan fingerprint density at radius 1 is 0.395 bits per heavy atom. The van der Waals surface area contributed by atoms with E-state index in [1.54, 1.807) is 0 Å². The van der Waals surface area contributed by atoms with Gasteiger partial charge in [0, 0.05) is 71.9 Å². The fourth-order valence-electron chi connectivity index (χ4n) is 16.7. The average Bonchev–Trinajstić information content (AvgIpc) is 1.61. The minimum atomic E-state index is -5.94. The molecule has 0 amide bonds. The molecule has 0 radical (unpaired) electrons. The van der Waals surface area contributed by atoms with E-state index < -0.39 is 247 Å². The van der Waals surface area contributed by atoms with Crippen LogP contribution in [0.4, 0.5) is 35.0 Å². The van der Waals surface area contributed by atoms with Crippen molar-refractivity contribution in [3.63, 3.8) is 0 Å². The molecule has 0 saturated carbocycles. The van der Waals surface area contributed by atoms with Gasteiger partial charge in [0.25, 0.3) is 5.56 Å². The average molecular weight is 2270 g/mol. The fourth-order valence-corrected chi connectivity index (χ4v) is 24.0. The molecule has 808 valence electrons. The van der Waals surface area contributed by atoms with Crippen molar-refractivity contribution in [1.82, 2.24) is 97.2 Å². The molecule has 74 heteroatoms. The van der Waals surface area contributed by atoms with Crippen molar-refractivity contribution in [2.45, 2.75) is 162 Å². The van der Waals surface area contributed by atoms with Gasteiger partial charge in [-0.15, -0.1) is 0 Å². The number of aromatic amines is 1. The number of nitrogens with zero attached hydrogens (tertiary/aromatic N) is 19. The highest BCUT2D eigenvalue weighted by Crippen LogP contribution is 2.61. The van der Waals surface area contributed by atoms with Crippen LogP contribution in [0, 0.1) is 13.8 Å². The summed E-state index contributed by atoms with van der Waals surface area (Å²) < 4.78 is 211. The van der Waals surface area contributed by atoms with Crippen LogP contribution in [0.2, 0.25) is 0 Å². The number of H-pyrrole nitrogens is 1. The van der Waals surface area contributed by atoms with E-state index in [0.717, 1.165) is 33.5 Å². The number of methoxy groups -OCH3 is 4. The molecule has 0 bridgehead atoms. The zero-order valence-electron chi connectivity index (χ0n) is 78.3. The van der Waals surface area contributed by atoms with Crippen molar-refractivity contribution in [2.75, 3.05) is 162 Å². The number of thiol groups is 1. The number of fused-ring (bicyclic) bond motifs is 4. The summed E-state index contributed by atoms with van der Waals surface area (Å²) in [6.45, 7) is -22.9. The molecule has 16 rings (SSSR count). The lowest BCUT2D eigenvalue weighted by molar-refractivity contribution is -0.0839. The van der Waals surface area contributed by atoms with Crippen molar-refractivity contribution in [1.29, 1.82) is 0 Å². The molecule has 19 N–H and O–H groups in total. The second kappa shape index (κ2) is 47.5. The number of ether oxygens (including phenoxy) is 14. The number of aliphatic hydroxyl groups is 1. The Labute approximate surface area is 849 Å². The number of aliphatic hydroxyl groups excluding tert-OH is 1. The molecule has 147 heavy (non-hydrogen) atoms. The van der Waals surface area contributed by atoms with Gasteiger partial charge in [-0.25, -0.2) is 73.1 Å². The van der Waals surface area contributed by atoms with Crippen molar-refractivity contribution in [2.24, 2.45) is 0 Å². The normalized spacial score (nSPS) is 29.0. The van der Waals surface area contributed by atoms with Crippen LogP contribution in [0.1, 0.15) is 61.3 Å². The van der Waals surface area contributed by atoms with Crippen molar-refractivity contribution in [3.8, 4) is 0 Å². The smallest absolute Gasteiger partial charge is 0.394 e. The van der Waals surface area contributed by atoms with Gasteiger partial charge in [0.05, 0.1) is 130 Å². The Kier molecular flexibility index (Phi) is 36.1. The van der Waals surface area contributed by atoms with Crippen molar-refractivity contribution in [3.05, 3.63) is 99.1 Å². The number of rotatable bonds is 51. The molecular weight excluding hydrogens is 2160 g/mol. The maximum absolute atomic E-state index is 15.5. The molecule has 0 aromatic carbocycles. The number of phosphoric ester groups is 2. The first-order chi connectivity index (χ1) is 70.0. The Balaban J connectivity index is 0.680. The zero-order valence-corrected chi connectivity index (χ0v) is 87.0. The van der Waals surface area contributed by atoms with E-state index in [2.05, 4.69) is 82.0 Å². The summed E-state index contributed by atoms with van der Waals surface area (Å²) >= 11 is 21.0. The Morgan fingerprint density at radius 3 is 1.16 bits per heavy atom. The molecule has 16 heterocycles. The summed E-state index contributed by atoms with van der Waals surface area (Å²) in [6.07, 6.45) is -24.0. The molecule has 0 spiro atoms. The maximum Gasteiger partial charge on any atom is 0.472 e. The van der Waals surface area contributed by atoms with Crippen LogP contribution in [-0.2, 0) is 170 Å². The van der Waals surface area contributed by atoms with Gasteiger partial charge in [0.2, 0.25) is 5.95 Å². The maximum atomic E-state index is 15.5. The summed E-state index contributed by atoms with van der Waals surface area (Å²) in [4.78, 5) is 158. The highest BCUT2D eigenvalue weighted by Gasteiger charge is 2.59. The number of nitrogens with two attached hydrogens (primary N) is 6. The minimum Gasteiger partial charge on any atom is -0.394 e. The molecule has 6 fully saturated rings. The molecule has 0 aliphatic carbocycles. The van der Waals surface area contributed by atoms with Crippen molar-refractivity contribution >= 4 is 170 Å². The summed E-state index contributed by atoms with van der Waals surface area (Å²) in [5.41, 5.74) is 34.7. The summed E-state index contributed by atoms with van der Waals surface area (Å²) in [6, 6.07) is 0. The van der Waals surface area contributed by atoms with E-state index >= 15 is 13.7 Å². The number of nitrogen functional groups attached to an aromatic ring is 6. The first-order valence-corrected chi connectivity index (χ1v) is 57.5. The number of aryl methyl sites for hydroxylation is 2. The van der Waals surface area contributed by atoms with E-state index in [1.165, 1.54) is 100 Å². The van der Waals surface area contributed by atoms with E-state index in [-0.39, 0.29) is 144 Å². The first-order valence-electron chi connectivity index (χ1n) is 44.1.